The summed E-state index contributed by atoms with van der Waals surface area (Å²) in [5, 5.41) is 0. The van der Waals surface area contributed by atoms with Crippen LogP contribution in [0, 0.1) is 6.92 Å². The molecule has 0 atom stereocenters. The lowest BCUT2D eigenvalue weighted by atomic mass is 9.93. The summed E-state index contributed by atoms with van der Waals surface area (Å²) in [6.45, 7) is 3.11. The molecule has 0 saturated heterocycles. The molecule has 0 heterocycles. The molecule has 1 fully saturated rings. The lowest BCUT2D eigenvalue weighted by Crippen LogP contribution is -2.34. The minimum absolute atomic E-state index is 0.435. The topological polar surface area (TPSA) is 20.3 Å². The first kappa shape index (κ1) is 12.3. The Hall–Kier alpha value is -1.15. The van der Waals surface area contributed by atoms with Crippen LogP contribution >= 0.6 is 0 Å². The molecule has 0 amide bonds. The van der Waals surface area contributed by atoms with Gasteiger partial charge in [-0.05, 0) is 32.4 Å². The van der Waals surface area contributed by atoms with Crippen LogP contribution in [0.2, 0.25) is 0 Å². The molecule has 1 saturated carbocycles. The predicted molar refractivity (Wildman–Crippen MR) is 69.9 cm³/mol. The molecule has 0 aliphatic heterocycles. The van der Waals surface area contributed by atoms with E-state index in [2.05, 4.69) is 43.1 Å². The highest BCUT2D eigenvalue weighted by molar-refractivity contribution is 5.79. The van der Waals surface area contributed by atoms with E-state index in [0.29, 0.717) is 11.8 Å². The van der Waals surface area contributed by atoms with Gasteiger partial charge in [0.15, 0.2) is 0 Å². The van der Waals surface area contributed by atoms with E-state index in [9.17, 15) is 4.79 Å². The third kappa shape index (κ3) is 3.40. The average molecular weight is 231 g/mol. The van der Waals surface area contributed by atoms with Gasteiger partial charge < -0.3 is 0 Å². The number of carbonyl (C=O) groups is 1. The third-order valence-electron chi connectivity index (χ3n) is 3.65. The van der Waals surface area contributed by atoms with Crippen LogP contribution in [0.3, 0.4) is 0 Å². The Labute approximate surface area is 104 Å². The van der Waals surface area contributed by atoms with Gasteiger partial charge in [0.1, 0.15) is 5.78 Å². The molecule has 0 aromatic heterocycles. The summed E-state index contributed by atoms with van der Waals surface area (Å²) in [4.78, 5) is 13.6. The van der Waals surface area contributed by atoms with Crippen molar-refractivity contribution in [2.45, 2.75) is 45.2 Å². The summed E-state index contributed by atoms with van der Waals surface area (Å²) in [7, 11) is 2.17. The third-order valence-corrected chi connectivity index (χ3v) is 3.65. The summed E-state index contributed by atoms with van der Waals surface area (Å²) in [5.74, 6) is 0.435. The van der Waals surface area contributed by atoms with Crippen molar-refractivity contribution >= 4 is 5.78 Å². The molecule has 0 spiro atoms. The predicted octanol–water partition coefficient (Wildman–Crippen LogP) is 2.94. The van der Waals surface area contributed by atoms with Crippen molar-refractivity contribution < 1.29 is 4.79 Å². The average Bonchev–Trinajstić information content (AvgIpc) is 2.29. The number of hydrogen-bond donors (Lipinski definition) is 0. The van der Waals surface area contributed by atoms with Gasteiger partial charge in [-0.15, -0.1) is 0 Å². The second-order valence-electron chi connectivity index (χ2n) is 5.17. The normalized spacial score (nSPS) is 17.7. The van der Waals surface area contributed by atoms with E-state index in [1.807, 2.05) is 0 Å². The van der Waals surface area contributed by atoms with Gasteiger partial charge in [0.05, 0.1) is 0 Å². The maximum absolute atomic E-state index is 11.2. The number of benzene rings is 1. The van der Waals surface area contributed by atoms with Crippen molar-refractivity contribution in [3.63, 3.8) is 0 Å². The Morgan fingerprint density at radius 3 is 2.65 bits per heavy atom. The molecule has 1 aliphatic rings. The van der Waals surface area contributed by atoms with Crippen LogP contribution in [-0.4, -0.2) is 23.8 Å². The first-order valence-corrected chi connectivity index (χ1v) is 6.42. The summed E-state index contributed by atoms with van der Waals surface area (Å²) in [5.41, 5.74) is 2.68. The van der Waals surface area contributed by atoms with E-state index in [1.54, 1.807) is 0 Å². The number of nitrogens with zero attached hydrogens (tertiary/aromatic N) is 1. The molecular weight excluding hydrogens is 210 g/mol. The van der Waals surface area contributed by atoms with E-state index >= 15 is 0 Å². The van der Waals surface area contributed by atoms with Crippen molar-refractivity contribution in [1.82, 2.24) is 4.90 Å². The largest absolute Gasteiger partial charge is 0.300 e. The van der Waals surface area contributed by atoms with Crippen LogP contribution in [0.25, 0.3) is 0 Å². The second kappa shape index (κ2) is 5.46. The van der Waals surface area contributed by atoms with Gasteiger partial charge in [-0.25, -0.2) is 0 Å². The smallest absolute Gasteiger partial charge is 0.133 e. The summed E-state index contributed by atoms with van der Waals surface area (Å²) in [6, 6.07) is 9.24. The monoisotopic (exact) mass is 231 g/mol. The molecule has 17 heavy (non-hydrogen) atoms. The summed E-state index contributed by atoms with van der Waals surface area (Å²) < 4.78 is 0. The van der Waals surface area contributed by atoms with Crippen LogP contribution in [0.1, 0.15) is 36.8 Å². The van der Waals surface area contributed by atoms with Gasteiger partial charge in [0.25, 0.3) is 0 Å². The van der Waals surface area contributed by atoms with Crippen molar-refractivity contribution in [2.24, 2.45) is 0 Å². The maximum Gasteiger partial charge on any atom is 0.133 e. The van der Waals surface area contributed by atoms with E-state index in [1.165, 1.54) is 11.1 Å². The van der Waals surface area contributed by atoms with Gasteiger partial charge in [-0.3, -0.25) is 9.69 Å². The van der Waals surface area contributed by atoms with Gasteiger partial charge in [0, 0.05) is 25.4 Å². The molecule has 1 aromatic rings. The molecule has 1 aromatic carbocycles. The Morgan fingerprint density at radius 2 is 2.00 bits per heavy atom. The fourth-order valence-corrected chi connectivity index (χ4v) is 2.59. The Morgan fingerprint density at radius 1 is 1.29 bits per heavy atom. The van der Waals surface area contributed by atoms with Crippen LogP contribution in [0.4, 0.5) is 0 Å². The standard InChI is InChI=1S/C15H21NO/c1-12-4-3-5-13(10-12)11-16(2)14-6-8-15(17)9-7-14/h3-5,10,14H,6-9,11H2,1-2H3. The molecule has 1 aliphatic carbocycles. The maximum atomic E-state index is 11.2. The number of rotatable bonds is 3. The number of carbonyl (C=O) groups excluding carboxylic acids is 1. The highest BCUT2D eigenvalue weighted by atomic mass is 16.1. The fraction of sp³-hybridized carbons (Fsp3) is 0.533. The Balaban J connectivity index is 1.92. The van der Waals surface area contributed by atoms with E-state index in [4.69, 9.17) is 0 Å². The van der Waals surface area contributed by atoms with Gasteiger partial charge in [0.2, 0.25) is 0 Å². The number of hydrogen-bond acceptors (Lipinski definition) is 2. The van der Waals surface area contributed by atoms with Gasteiger partial charge in [-0.1, -0.05) is 29.8 Å². The lowest BCUT2D eigenvalue weighted by molar-refractivity contribution is -0.121. The van der Waals surface area contributed by atoms with E-state index < -0.39 is 0 Å². The molecule has 0 unspecified atom stereocenters. The van der Waals surface area contributed by atoms with Crippen LogP contribution < -0.4 is 0 Å². The number of ketones is 1. The van der Waals surface area contributed by atoms with Crippen LogP contribution in [0.5, 0.6) is 0 Å². The summed E-state index contributed by atoms with van der Waals surface area (Å²) >= 11 is 0. The first-order chi connectivity index (χ1) is 8.15. The molecule has 0 bridgehead atoms. The molecule has 0 radical (unpaired) electrons. The van der Waals surface area contributed by atoms with Gasteiger partial charge in [-0.2, -0.15) is 0 Å². The van der Waals surface area contributed by atoms with Crippen LogP contribution in [0.15, 0.2) is 24.3 Å². The molecule has 92 valence electrons. The first-order valence-electron chi connectivity index (χ1n) is 6.42. The van der Waals surface area contributed by atoms with E-state index in [-0.39, 0.29) is 0 Å². The van der Waals surface area contributed by atoms with Crippen molar-refractivity contribution in [2.75, 3.05) is 7.05 Å². The van der Waals surface area contributed by atoms with Crippen LogP contribution in [-0.2, 0) is 11.3 Å². The second-order valence-corrected chi connectivity index (χ2v) is 5.17. The van der Waals surface area contributed by atoms with Gasteiger partial charge >= 0.3 is 0 Å². The Kier molecular flexibility index (Phi) is 3.95. The molecule has 2 rings (SSSR count). The van der Waals surface area contributed by atoms with E-state index in [0.717, 1.165) is 32.2 Å². The highest BCUT2D eigenvalue weighted by Crippen LogP contribution is 2.21. The fourth-order valence-electron chi connectivity index (χ4n) is 2.59. The molecular formula is C15H21NO. The minimum atomic E-state index is 0.435. The minimum Gasteiger partial charge on any atom is -0.300 e. The number of Topliss-reactive ketones (excluding diaryl/α,β-unsaturated/α-hetero) is 1. The Bertz CT molecular complexity index is 390. The quantitative estimate of drug-likeness (QED) is 0.797. The zero-order valence-corrected chi connectivity index (χ0v) is 10.8. The summed E-state index contributed by atoms with van der Waals surface area (Å²) in [6.07, 6.45) is 3.59. The highest BCUT2D eigenvalue weighted by Gasteiger charge is 2.21. The zero-order valence-electron chi connectivity index (χ0n) is 10.8. The lowest BCUT2D eigenvalue weighted by Gasteiger charge is -2.30. The van der Waals surface area contributed by atoms with Crippen molar-refractivity contribution in [3.8, 4) is 0 Å². The molecule has 2 heteroatoms. The molecule has 0 N–H and O–H groups in total. The number of aryl methyl sites for hydroxylation is 1. The van der Waals surface area contributed by atoms with Crippen molar-refractivity contribution in [3.05, 3.63) is 35.4 Å². The van der Waals surface area contributed by atoms with Crippen molar-refractivity contribution in [1.29, 1.82) is 0 Å². The zero-order chi connectivity index (χ0) is 12.3. The molecule has 2 nitrogen and oxygen atoms in total. The SMILES string of the molecule is Cc1cccc(CN(C)C2CCC(=O)CC2)c1.